The number of para-hydroxylation sites is 3. The fourth-order valence-electron chi connectivity index (χ4n) is 5.95. The first-order valence-corrected chi connectivity index (χ1v) is 14.4. The van der Waals surface area contributed by atoms with E-state index in [9.17, 15) is 2.74 Å². The molecular weight excluding hydrogens is 514 g/mol. The second-order valence-electron chi connectivity index (χ2n) is 11.6. The summed E-state index contributed by atoms with van der Waals surface area (Å²) in [6, 6.07) is 30.8. The van der Waals surface area contributed by atoms with E-state index < -0.39 is 11.8 Å². The maximum atomic E-state index is 9.38. The van der Waals surface area contributed by atoms with E-state index in [-0.39, 0.29) is 0 Å². The number of pyridine rings is 1. The van der Waals surface area contributed by atoms with Crippen molar-refractivity contribution in [2.45, 2.75) is 53.3 Å². The number of rotatable bonds is 5. The number of furan rings is 1. The second-order valence-corrected chi connectivity index (χ2v) is 11.6. The van der Waals surface area contributed by atoms with Crippen LogP contribution < -0.4 is 0 Å². The van der Waals surface area contributed by atoms with E-state index in [1.54, 1.807) is 0 Å². The normalized spacial score (nSPS) is 13.2. The molecule has 0 saturated carbocycles. The molecule has 4 heteroatoms. The van der Waals surface area contributed by atoms with Crippen molar-refractivity contribution in [3.8, 4) is 28.2 Å². The van der Waals surface area contributed by atoms with Crippen molar-refractivity contribution in [3.05, 3.63) is 113 Å². The van der Waals surface area contributed by atoms with Crippen molar-refractivity contribution in [2.75, 3.05) is 0 Å². The van der Waals surface area contributed by atoms with Crippen LogP contribution in [0.15, 0.2) is 95.4 Å². The highest BCUT2D eigenvalue weighted by atomic mass is 16.3. The standard InChI is InChI=1S/C38H35N3O/c1-22(2)30-20-27(26-13-8-7-9-14-26)21-31(23(3)4)35(30)41-34-18-11-10-17-33(34)40-37(41)29-16-12-15-28-32-19-24(5)25(6)39-38(32)42-36(28)29/h7-23H,1-6H3/i22D,23D. The first-order chi connectivity index (χ1) is 20.9. The van der Waals surface area contributed by atoms with Gasteiger partial charge in [-0.1, -0.05) is 82.3 Å². The lowest BCUT2D eigenvalue weighted by atomic mass is 9.88. The number of aryl methyl sites for hydroxylation is 2. The number of imidazole rings is 1. The van der Waals surface area contributed by atoms with Crippen molar-refractivity contribution < 1.29 is 7.16 Å². The van der Waals surface area contributed by atoms with Crippen LogP contribution in [0.3, 0.4) is 0 Å². The minimum Gasteiger partial charge on any atom is -0.437 e. The molecule has 7 rings (SSSR count). The van der Waals surface area contributed by atoms with Crippen LogP contribution in [-0.4, -0.2) is 14.5 Å². The SMILES string of the molecule is [2H]C(C)(C)c1cc(-c2ccccc2)cc(C([2H])(C)C)c1-n1c(-c2cccc3c2oc2nc(C)c(C)cc23)nc2ccccc21. The zero-order valence-electron chi connectivity index (χ0n) is 26.9. The van der Waals surface area contributed by atoms with Gasteiger partial charge in [-0.25, -0.2) is 9.97 Å². The number of hydrogen-bond acceptors (Lipinski definition) is 3. The van der Waals surface area contributed by atoms with E-state index in [1.807, 2.05) is 83.1 Å². The Labute approximate surface area is 249 Å². The molecule has 0 N–H and O–H groups in total. The van der Waals surface area contributed by atoms with Gasteiger partial charge < -0.3 is 4.42 Å². The molecule has 0 amide bonds. The molecule has 4 nitrogen and oxygen atoms in total. The second kappa shape index (κ2) is 9.99. The lowest BCUT2D eigenvalue weighted by Crippen LogP contribution is -2.09. The van der Waals surface area contributed by atoms with Gasteiger partial charge in [-0.15, -0.1) is 0 Å². The van der Waals surface area contributed by atoms with Crippen LogP contribution in [0.5, 0.6) is 0 Å². The smallest absolute Gasteiger partial charge is 0.227 e. The summed E-state index contributed by atoms with van der Waals surface area (Å²) in [6.07, 6.45) is 0. The van der Waals surface area contributed by atoms with Gasteiger partial charge in [0.1, 0.15) is 11.4 Å². The summed E-state index contributed by atoms with van der Waals surface area (Å²) in [6.45, 7) is 11.7. The van der Waals surface area contributed by atoms with E-state index >= 15 is 0 Å². The van der Waals surface area contributed by atoms with Crippen LogP contribution in [0.4, 0.5) is 0 Å². The van der Waals surface area contributed by atoms with Crippen molar-refractivity contribution in [2.24, 2.45) is 0 Å². The number of nitrogens with zero attached hydrogens (tertiary/aromatic N) is 3. The number of fused-ring (bicyclic) bond motifs is 4. The molecule has 0 aliphatic heterocycles. The summed E-state index contributed by atoms with van der Waals surface area (Å²) in [5.74, 6) is -1.26. The maximum Gasteiger partial charge on any atom is 0.227 e. The molecule has 0 spiro atoms. The molecule has 3 heterocycles. The fraction of sp³-hybridized carbons (Fsp3) is 0.211. The van der Waals surface area contributed by atoms with Crippen LogP contribution in [0, 0.1) is 13.8 Å². The van der Waals surface area contributed by atoms with Crippen molar-refractivity contribution in [1.82, 2.24) is 14.5 Å². The zero-order chi connectivity index (χ0) is 31.0. The molecule has 0 atom stereocenters. The monoisotopic (exact) mass is 551 g/mol. The molecule has 0 saturated heterocycles. The minimum absolute atomic E-state index is 0.603. The third-order valence-electron chi connectivity index (χ3n) is 8.25. The van der Waals surface area contributed by atoms with Gasteiger partial charge in [0.2, 0.25) is 5.71 Å². The predicted molar refractivity (Wildman–Crippen MR) is 175 cm³/mol. The summed E-state index contributed by atoms with van der Waals surface area (Å²) in [5, 5.41) is 1.95. The van der Waals surface area contributed by atoms with Crippen LogP contribution in [0.2, 0.25) is 0 Å². The minimum atomic E-state index is -0.979. The first-order valence-electron chi connectivity index (χ1n) is 15.4. The van der Waals surface area contributed by atoms with Crippen molar-refractivity contribution in [3.63, 3.8) is 0 Å². The molecule has 0 bridgehead atoms. The largest absolute Gasteiger partial charge is 0.437 e. The average Bonchev–Trinajstić information content (AvgIpc) is 3.54. The zero-order valence-corrected chi connectivity index (χ0v) is 24.9. The quantitative estimate of drug-likeness (QED) is 0.214. The topological polar surface area (TPSA) is 43.9 Å². The van der Waals surface area contributed by atoms with E-state index in [4.69, 9.17) is 14.4 Å². The van der Waals surface area contributed by atoms with Crippen molar-refractivity contribution in [1.29, 1.82) is 0 Å². The Morgan fingerprint density at radius 1 is 0.714 bits per heavy atom. The third kappa shape index (κ3) is 4.13. The van der Waals surface area contributed by atoms with Gasteiger partial charge >= 0.3 is 0 Å². The van der Waals surface area contributed by atoms with Gasteiger partial charge in [0.15, 0.2) is 0 Å². The van der Waals surface area contributed by atoms with Gasteiger partial charge in [0.05, 0.1) is 22.3 Å². The van der Waals surface area contributed by atoms with Gasteiger partial charge in [-0.2, -0.15) is 0 Å². The van der Waals surface area contributed by atoms with E-state index in [0.29, 0.717) is 11.5 Å². The lowest BCUT2D eigenvalue weighted by molar-refractivity contribution is 0.652. The summed E-state index contributed by atoms with van der Waals surface area (Å²) in [5.41, 5.74) is 10.4. The highest BCUT2D eigenvalue weighted by Gasteiger charge is 2.25. The predicted octanol–water partition coefficient (Wildman–Crippen LogP) is 10.5. The van der Waals surface area contributed by atoms with E-state index in [2.05, 4.69) is 54.0 Å². The molecule has 4 aromatic carbocycles. The molecular formula is C38H35N3O. The number of hydrogen-bond donors (Lipinski definition) is 0. The molecule has 0 aliphatic rings. The van der Waals surface area contributed by atoms with Crippen LogP contribution in [0.25, 0.3) is 61.3 Å². The summed E-state index contributed by atoms with van der Waals surface area (Å²) >= 11 is 0. The van der Waals surface area contributed by atoms with Gasteiger partial charge in [0.25, 0.3) is 0 Å². The summed E-state index contributed by atoms with van der Waals surface area (Å²) in [7, 11) is 0. The first kappa shape index (κ1) is 24.0. The van der Waals surface area contributed by atoms with Crippen LogP contribution >= 0.6 is 0 Å². The van der Waals surface area contributed by atoms with Crippen LogP contribution in [-0.2, 0) is 0 Å². The van der Waals surface area contributed by atoms with E-state index in [0.717, 1.165) is 72.2 Å². The van der Waals surface area contributed by atoms with Gasteiger partial charge in [0, 0.05) is 19.2 Å². The molecule has 208 valence electrons. The van der Waals surface area contributed by atoms with Crippen LogP contribution in [0.1, 0.15) is 64.6 Å². The Hall–Kier alpha value is -4.70. The Balaban J connectivity index is 1.63. The molecule has 0 fully saturated rings. The third-order valence-corrected chi connectivity index (χ3v) is 8.25. The highest BCUT2D eigenvalue weighted by molar-refractivity contribution is 6.09. The lowest BCUT2D eigenvalue weighted by Gasteiger charge is -2.24. The maximum absolute atomic E-state index is 9.38. The summed E-state index contributed by atoms with van der Waals surface area (Å²) < 4.78 is 27.4. The fourth-order valence-corrected chi connectivity index (χ4v) is 5.95. The Morgan fingerprint density at radius 3 is 2.12 bits per heavy atom. The van der Waals surface area contributed by atoms with Gasteiger partial charge in [-0.3, -0.25) is 4.57 Å². The number of benzene rings is 4. The average molecular weight is 552 g/mol. The molecule has 0 radical (unpaired) electrons. The van der Waals surface area contributed by atoms with Crippen molar-refractivity contribution >= 4 is 33.1 Å². The molecule has 0 aliphatic carbocycles. The molecule has 7 aromatic rings. The number of aromatic nitrogens is 3. The molecule has 3 aromatic heterocycles. The highest BCUT2D eigenvalue weighted by Crippen LogP contribution is 2.42. The Kier molecular flexibility index (Phi) is 5.70. The molecule has 42 heavy (non-hydrogen) atoms. The molecule has 0 unspecified atom stereocenters. The summed E-state index contributed by atoms with van der Waals surface area (Å²) in [4.78, 5) is 9.96. The Morgan fingerprint density at radius 2 is 1.40 bits per heavy atom. The van der Waals surface area contributed by atoms with E-state index in [1.165, 1.54) is 0 Å². The van der Waals surface area contributed by atoms with Gasteiger partial charge in [-0.05, 0) is 89.9 Å². The Bertz CT molecular complexity index is 2180.